The third kappa shape index (κ3) is 4.43. The van der Waals surface area contributed by atoms with Crippen LogP contribution in [0.3, 0.4) is 0 Å². The van der Waals surface area contributed by atoms with Crippen LogP contribution in [0.5, 0.6) is 5.75 Å². The van der Waals surface area contributed by atoms with Gasteiger partial charge in [-0.25, -0.2) is 4.99 Å². The zero-order valence-electron chi connectivity index (χ0n) is 8.26. The van der Waals surface area contributed by atoms with Crippen LogP contribution in [-0.4, -0.2) is 18.1 Å². The van der Waals surface area contributed by atoms with Crippen molar-refractivity contribution in [2.24, 2.45) is 10.7 Å². The molecule has 0 aliphatic heterocycles. The minimum Gasteiger partial charge on any atom is -0.405 e. The van der Waals surface area contributed by atoms with Crippen LogP contribution in [0.2, 0.25) is 0 Å². The Morgan fingerprint density at radius 3 is 2.65 bits per heavy atom. The Labute approximate surface area is 109 Å². The first-order valence-electron chi connectivity index (χ1n) is 4.26. The second-order valence-electron chi connectivity index (χ2n) is 2.87. The second-order valence-corrected chi connectivity index (χ2v) is 3.93. The number of rotatable bonds is 3. The number of ether oxygens (including phenoxy) is 1. The molecule has 0 heterocycles. The first kappa shape index (κ1) is 14.1. The van der Waals surface area contributed by atoms with Gasteiger partial charge in [0.2, 0.25) is 0 Å². The van der Waals surface area contributed by atoms with E-state index in [2.05, 4.69) is 25.7 Å². The molecule has 0 saturated heterocycles. The summed E-state index contributed by atoms with van der Waals surface area (Å²) in [7, 11) is 0. The van der Waals surface area contributed by atoms with E-state index in [9.17, 15) is 13.2 Å². The molecule has 0 radical (unpaired) electrons. The van der Waals surface area contributed by atoms with Crippen molar-refractivity contribution < 1.29 is 17.9 Å². The number of amidine groups is 1. The third-order valence-electron chi connectivity index (χ3n) is 1.57. The number of hydrogen-bond donors (Lipinski definition) is 1. The zero-order chi connectivity index (χ0) is 13.1. The molecule has 0 spiro atoms. The predicted octanol–water partition coefficient (Wildman–Crippen LogP) is 3.58. The number of nitrogens with zero attached hydrogens (tertiary/aromatic N) is 1. The largest absolute Gasteiger partial charge is 0.573 e. The van der Waals surface area contributed by atoms with Gasteiger partial charge in [-0.1, -0.05) is 6.07 Å². The quantitative estimate of drug-likeness (QED) is 0.523. The van der Waals surface area contributed by atoms with Gasteiger partial charge in [0.15, 0.2) is 0 Å². The molecule has 1 aromatic rings. The highest BCUT2D eigenvalue weighted by Gasteiger charge is 2.32. The van der Waals surface area contributed by atoms with Gasteiger partial charge in [0.25, 0.3) is 0 Å². The summed E-state index contributed by atoms with van der Waals surface area (Å²) in [5.74, 6) is -0.311. The SMILES string of the molecule is NC(CCl)=Nc1cccc(OC(F)(F)F)c1Br. The summed E-state index contributed by atoms with van der Waals surface area (Å²) < 4.78 is 40.0. The van der Waals surface area contributed by atoms with E-state index >= 15 is 0 Å². The number of halogens is 5. The third-order valence-corrected chi connectivity index (χ3v) is 2.64. The second kappa shape index (κ2) is 5.59. The highest BCUT2D eigenvalue weighted by atomic mass is 79.9. The summed E-state index contributed by atoms with van der Waals surface area (Å²) >= 11 is 8.38. The number of alkyl halides is 4. The maximum atomic E-state index is 12.1. The lowest BCUT2D eigenvalue weighted by atomic mass is 10.3. The lowest BCUT2D eigenvalue weighted by Gasteiger charge is -2.11. The molecule has 94 valence electrons. The minimum absolute atomic E-state index is 0.0171. The van der Waals surface area contributed by atoms with Crippen molar-refractivity contribution in [2.45, 2.75) is 6.36 Å². The van der Waals surface area contributed by atoms with E-state index < -0.39 is 6.36 Å². The van der Waals surface area contributed by atoms with Gasteiger partial charge in [-0.05, 0) is 28.1 Å². The summed E-state index contributed by atoms with van der Waals surface area (Å²) in [5.41, 5.74) is 5.60. The van der Waals surface area contributed by atoms with Gasteiger partial charge in [0.05, 0.1) is 16.0 Å². The van der Waals surface area contributed by atoms with Gasteiger partial charge in [-0.15, -0.1) is 24.8 Å². The van der Waals surface area contributed by atoms with Crippen molar-refractivity contribution >= 4 is 39.1 Å². The first-order chi connectivity index (χ1) is 7.83. The summed E-state index contributed by atoms with van der Waals surface area (Å²) in [6.07, 6.45) is -4.76. The Morgan fingerprint density at radius 2 is 2.12 bits per heavy atom. The molecule has 8 heteroatoms. The molecule has 0 aromatic heterocycles. The zero-order valence-corrected chi connectivity index (χ0v) is 10.6. The molecule has 3 nitrogen and oxygen atoms in total. The smallest absolute Gasteiger partial charge is 0.405 e. The fraction of sp³-hybridized carbons (Fsp3) is 0.222. The van der Waals surface area contributed by atoms with Crippen LogP contribution in [-0.2, 0) is 0 Å². The van der Waals surface area contributed by atoms with Gasteiger partial charge in [-0.2, -0.15) is 0 Å². The van der Waals surface area contributed by atoms with Gasteiger partial charge in [0.1, 0.15) is 11.6 Å². The van der Waals surface area contributed by atoms with E-state index in [1.54, 1.807) is 0 Å². The van der Waals surface area contributed by atoms with E-state index in [1.165, 1.54) is 12.1 Å². The normalized spacial score (nSPS) is 12.6. The monoisotopic (exact) mass is 330 g/mol. The Bertz CT molecular complexity index is 437. The van der Waals surface area contributed by atoms with Gasteiger partial charge >= 0.3 is 6.36 Å². The van der Waals surface area contributed by atoms with E-state index in [0.29, 0.717) is 0 Å². The van der Waals surface area contributed by atoms with Gasteiger partial charge < -0.3 is 10.5 Å². The number of hydrogen-bond acceptors (Lipinski definition) is 2. The fourth-order valence-electron chi connectivity index (χ4n) is 0.974. The summed E-state index contributed by atoms with van der Waals surface area (Å²) in [5, 5.41) is 0. The number of benzene rings is 1. The Morgan fingerprint density at radius 1 is 1.47 bits per heavy atom. The predicted molar refractivity (Wildman–Crippen MR) is 62.8 cm³/mol. The molecule has 0 amide bonds. The molecule has 0 fully saturated rings. The summed E-state index contributed by atoms with van der Waals surface area (Å²) in [6.45, 7) is 0. The lowest BCUT2D eigenvalue weighted by Crippen LogP contribution is -2.17. The first-order valence-corrected chi connectivity index (χ1v) is 5.59. The van der Waals surface area contributed by atoms with E-state index in [4.69, 9.17) is 17.3 Å². The highest BCUT2D eigenvalue weighted by molar-refractivity contribution is 9.10. The molecule has 17 heavy (non-hydrogen) atoms. The van der Waals surface area contributed by atoms with E-state index in [1.807, 2.05) is 0 Å². The molecule has 0 saturated carbocycles. The van der Waals surface area contributed by atoms with Crippen LogP contribution >= 0.6 is 27.5 Å². The van der Waals surface area contributed by atoms with Crippen molar-refractivity contribution in [1.82, 2.24) is 0 Å². The molecular weight excluding hydrogens is 324 g/mol. The van der Waals surface area contributed by atoms with Crippen LogP contribution in [0.1, 0.15) is 0 Å². The van der Waals surface area contributed by atoms with Crippen LogP contribution < -0.4 is 10.5 Å². The average molecular weight is 332 g/mol. The molecule has 0 atom stereocenters. The Hall–Kier alpha value is -0.950. The number of aliphatic imine (C=N–C) groups is 1. The molecule has 0 aliphatic carbocycles. The molecule has 1 rings (SSSR count). The molecule has 0 unspecified atom stereocenters. The maximum Gasteiger partial charge on any atom is 0.573 e. The maximum absolute atomic E-state index is 12.1. The van der Waals surface area contributed by atoms with Crippen molar-refractivity contribution in [3.8, 4) is 5.75 Å². The summed E-state index contributed by atoms with van der Waals surface area (Å²) in [4.78, 5) is 3.84. The van der Waals surface area contributed by atoms with E-state index in [-0.39, 0.29) is 27.6 Å². The van der Waals surface area contributed by atoms with Crippen LogP contribution in [0.25, 0.3) is 0 Å². The Kier molecular flexibility index (Phi) is 4.64. The molecular formula is C9H7BrClF3N2O. The van der Waals surface area contributed by atoms with Crippen molar-refractivity contribution in [2.75, 3.05) is 5.88 Å². The highest BCUT2D eigenvalue weighted by Crippen LogP contribution is 2.37. The van der Waals surface area contributed by atoms with Gasteiger partial charge in [0, 0.05) is 0 Å². The van der Waals surface area contributed by atoms with Crippen molar-refractivity contribution in [3.05, 3.63) is 22.7 Å². The van der Waals surface area contributed by atoms with Crippen LogP contribution in [0.4, 0.5) is 18.9 Å². The molecule has 1 aromatic carbocycles. The topological polar surface area (TPSA) is 47.6 Å². The van der Waals surface area contributed by atoms with E-state index in [0.717, 1.165) is 6.07 Å². The Balaban J connectivity index is 3.08. The van der Waals surface area contributed by atoms with Crippen LogP contribution in [0.15, 0.2) is 27.7 Å². The summed E-state index contributed by atoms with van der Waals surface area (Å²) in [6, 6.07) is 4.01. The molecule has 0 bridgehead atoms. The number of nitrogens with two attached hydrogens (primary N) is 1. The lowest BCUT2D eigenvalue weighted by molar-refractivity contribution is -0.274. The molecule has 2 N–H and O–H groups in total. The van der Waals surface area contributed by atoms with Crippen molar-refractivity contribution in [1.29, 1.82) is 0 Å². The van der Waals surface area contributed by atoms with Crippen molar-refractivity contribution in [3.63, 3.8) is 0 Å². The van der Waals surface area contributed by atoms with Crippen LogP contribution in [0, 0.1) is 0 Å². The average Bonchev–Trinajstić information content (AvgIpc) is 2.22. The standard InChI is InChI=1S/C9H7BrClF3N2O/c10-8-5(16-7(15)4-11)2-1-3-6(8)17-9(12,13)14/h1-3H,4H2,(H2,15,16). The molecule has 0 aliphatic rings. The minimum atomic E-state index is -4.76. The fourth-order valence-corrected chi connectivity index (χ4v) is 1.47. The van der Waals surface area contributed by atoms with Gasteiger partial charge in [-0.3, -0.25) is 0 Å².